The molecule has 0 unspecified atom stereocenters. The van der Waals surface area contributed by atoms with Gasteiger partial charge in [0.25, 0.3) is 5.69 Å². The lowest BCUT2D eigenvalue weighted by molar-refractivity contribution is -0.384. The van der Waals surface area contributed by atoms with Crippen LogP contribution in [0.15, 0.2) is 24.3 Å². The normalized spacial score (nSPS) is 10.8. The lowest BCUT2D eigenvalue weighted by Gasteiger charge is -2.06. The summed E-state index contributed by atoms with van der Waals surface area (Å²) in [6.45, 7) is 1.11. The average molecular weight is 324 g/mol. The quantitative estimate of drug-likeness (QED) is 0.423. The molecule has 0 amide bonds. The van der Waals surface area contributed by atoms with Crippen molar-refractivity contribution in [3.8, 4) is 0 Å². The van der Waals surface area contributed by atoms with Gasteiger partial charge in [0.1, 0.15) is 0 Å². The van der Waals surface area contributed by atoms with Gasteiger partial charge in [-0.25, -0.2) is 13.1 Å². The van der Waals surface area contributed by atoms with Gasteiger partial charge in [-0.1, -0.05) is 12.1 Å². The second-order valence-corrected chi connectivity index (χ2v) is 5.84. The van der Waals surface area contributed by atoms with Gasteiger partial charge in [0.15, 0.2) is 0 Å². The maximum Gasteiger partial charge on any atom is 0.269 e. The van der Waals surface area contributed by atoms with Crippen LogP contribution < -0.4 is 10.0 Å². The molecule has 0 aliphatic heterocycles. The first-order valence-electron chi connectivity index (χ1n) is 5.80. The van der Waals surface area contributed by atoms with E-state index in [1.165, 1.54) is 24.3 Å². The topological polar surface area (TPSA) is 101 Å². The molecule has 1 aromatic carbocycles. The third-order valence-corrected chi connectivity index (χ3v) is 3.79. The average Bonchev–Trinajstić information content (AvgIpc) is 2.35. The third-order valence-electron chi connectivity index (χ3n) is 2.43. The smallest absolute Gasteiger partial charge is 0.269 e. The van der Waals surface area contributed by atoms with Gasteiger partial charge in [-0.05, 0) is 25.6 Å². The Labute approximate surface area is 124 Å². The number of non-ortho nitro benzene ring substituents is 1. The Hall–Kier alpha value is -1.22. The molecular formula is C11H18ClN3O4S. The van der Waals surface area contributed by atoms with Gasteiger partial charge < -0.3 is 5.32 Å². The summed E-state index contributed by atoms with van der Waals surface area (Å²) in [5.74, 6) is -0.176. The first-order chi connectivity index (χ1) is 8.94. The molecule has 20 heavy (non-hydrogen) atoms. The van der Waals surface area contributed by atoms with Crippen LogP contribution in [0.2, 0.25) is 0 Å². The van der Waals surface area contributed by atoms with Crippen LogP contribution in [-0.4, -0.2) is 33.5 Å². The molecule has 0 heterocycles. The van der Waals surface area contributed by atoms with E-state index < -0.39 is 14.9 Å². The second-order valence-electron chi connectivity index (χ2n) is 4.03. The van der Waals surface area contributed by atoms with Crippen molar-refractivity contribution in [1.29, 1.82) is 0 Å². The van der Waals surface area contributed by atoms with Gasteiger partial charge >= 0.3 is 0 Å². The van der Waals surface area contributed by atoms with Crippen molar-refractivity contribution in [1.82, 2.24) is 10.0 Å². The molecule has 0 saturated carbocycles. The van der Waals surface area contributed by atoms with E-state index in [9.17, 15) is 18.5 Å². The number of hydrogen-bond acceptors (Lipinski definition) is 5. The van der Waals surface area contributed by atoms with Gasteiger partial charge in [-0.2, -0.15) is 0 Å². The molecule has 2 N–H and O–H groups in total. The zero-order valence-electron chi connectivity index (χ0n) is 11.0. The molecule has 0 spiro atoms. The molecule has 0 aromatic heterocycles. The fourth-order valence-corrected chi connectivity index (χ4v) is 2.67. The largest absolute Gasteiger partial charge is 0.320 e. The molecule has 1 aromatic rings. The molecule has 0 saturated heterocycles. The Morgan fingerprint density at radius 3 is 2.30 bits per heavy atom. The fraction of sp³-hybridized carbons (Fsp3) is 0.455. The van der Waals surface area contributed by atoms with Gasteiger partial charge in [0.05, 0.1) is 10.7 Å². The van der Waals surface area contributed by atoms with Crippen LogP contribution in [0.3, 0.4) is 0 Å². The summed E-state index contributed by atoms with van der Waals surface area (Å²) in [7, 11) is -1.60. The molecule has 114 valence electrons. The summed E-state index contributed by atoms with van der Waals surface area (Å²) in [5.41, 5.74) is 0.467. The van der Waals surface area contributed by atoms with Crippen molar-refractivity contribution < 1.29 is 13.3 Å². The van der Waals surface area contributed by atoms with Gasteiger partial charge in [0, 0.05) is 18.7 Å². The number of hydrogen-bond donors (Lipinski definition) is 2. The molecule has 0 radical (unpaired) electrons. The number of benzene rings is 1. The van der Waals surface area contributed by atoms with E-state index in [4.69, 9.17) is 0 Å². The Kier molecular flexibility index (Phi) is 8.31. The monoisotopic (exact) mass is 323 g/mol. The molecule has 7 nitrogen and oxygen atoms in total. The highest BCUT2D eigenvalue weighted by molar-refractivity contribution is 7.88. The molecule has 0 atom stereocenters. The number of nitrogens with zero attached hydrogens (tertiary/aromatic N) is 1. The minimum atomic E-state index is -3.40. The van der Waals surface area contributed by atoms with Gasteiger partial charge in [-0.15, -0.1) is 12.4 Å². The Morgan fingerprint density at radius 1 is 1.20 bits per heavy atom. The van der Waals surface area contributed by atoms with E-state index in [2.05, 4.69) is 10.0 Å². The number of nitrogens with one attached hydrogen (secondary N) is 2. The molecule has 0 fully saturated rings. The number of rotatable bonds is 8. The number of nitro groups is 1. The summed E-state index contributed by atoms with van der Waals surface area (Å²) in [5, 5.41) is 13.4. The highest BCUT2D eigenvalue weighted by atomic mass is 35.5. The summed E-state index contributed by atoms with van der Waals surface area (Å²) in [4.78, 5) is 9.95. The third kappa shape index (κ3) is 6.80. The molecular weight excluding hydrogens is 306 g/mol. The fourth-order valence-electron chi connectivity index (χ4n) is 1.48. The van der Waals surface area contributed by atoms with E-state index in [1.54, 1.807) is 7.05 Å². The van der Waals surface area contributed by atoms with Crippen LogP contribution >= 0.6 is 12.4 Å². The minimum Gasteiger partial charge on any atom is -0.320 e. The predicted molar refractivity (Wildman–Crippen MR) is 79.5 cm³/mol. The lowest BCUT2D eigenvalue weighted by atomic mass is 10.2. The summed E-state index contributed by atoms with van der Waals surface area (Å²) >= 11 is 0. The lowest BCUT2D eigenvalue weighted by Crippen LogP contribution is -2.27. The Morgan fingerprint density at radius 2 is 1.80 bits per heavy atom. The first kappa shape index (κ1) is 18.8. The van der Waals surface area contributed by atoms with Gasteiger partial charge in [0.2, 0.25) is 10.0 Å². The van der Waals surface area contributed by atoms with Gasteiger partial charge in [-0.3, -0.25) is 10.1 Å². The number of nitro benzene ring substituents is 1. The first-order valence-corrected chi connectivity index (χ1v) is 7.45. The second kappa shape index (κ2) is 8.85. The highest BCUT2D eigenvalue weighted by Gasteiger charge is 2.12. The molecule has 1 rings (SSSR count). The van der Waals surface area contributed by atoms with Crippen LogP contribution in [0.25, 0.3) is 0 Å². The maximum absolute atomic E-state index is 11.7. The van der Waals surface area contributed by atoms with Crippen molar-refractivity contribution in [2.75, 3.05) is 20.1 Å². The Bertz CT molecular complexity index is 519. The van der Waals surface area contributed by atoms with Crippen molar-refractivity contribution in [2.45, 2.75) is 12.2 Å². The SMILES string of the molecule is CNCCCNS(=O)(=O)Cc1ccc([N+](=O)[O-])cc1.Cl. The van der Waals surface area contributed by atoms with E-state index in [0.717, 1.165) is 6.54 Å². The predicted octanol–water partition coefficient (Wildman–Crippen LogP) is 1.05. The molecule has 9 heteroatoms. The van der Waals surface area contributed by atoms with Crippen LogP contribution in [0.5, 0.6) is 0 Å². The van der Waals surface area contributed by atoms with Crippen molar-refractivity contribution >= 4 is 28.1 Å². The maximum atomic E-state index is 11.7. The van der Waals surface area contributed by atoms with Crippen LogP contribution in [0.1, 0.15) is 12.0 Å². The van der Waals surface area contributed by atoms with E-state index in [1.807, 2.05) is 0 Å². The Balaban J connectivity index is 0.00000361. The van der Waals surface area contributed by atoms with E-state index in [-0.39, 0.29) is 23.8 Å². The van der Waals surface area contributed by atoms with Crippen LogP contribution in [-0.2, 0) is 15.8 Å². The summed E-state index contributed by atoms with van der Waals surface area (Å²) < 4.78 is 25.9. The van der Waals surface area contributed by atoms with Crippen molar-refractivity contribution in [2.24, 2.45) is 0 Å². The minimum absolute atomic E-state index is 0. The summed E-state index contributed by atoms with van der Waals surface area (Å²) in [6, 6.07) is 5.49. The van der Waals surface area contributed by atoms with E-state index in [0.29, 0.717) is 18.5 Å². The molecule has 0 aliphatic carbocycles. The molecule has 0 aliphatic rings. The van der Waals surface area contributed by atoms with Crippen molar-refractivity contribution in [3.05, 3.63) is 39.9 Å². The molecule has 0 bridgehead atoms. The van der Waals surface area contributed by atoms with Crippen LogP contribution in [0, 0.1) is 10.1 Å². The van der Waals surface area contributed by atoms with Crippen molar-refractivity contribution in [3.63, 3.8) is 0 Å². The number of halogens is 1. The van der Waals surface area contributed by atoms with E-state index >= 15 is 0 Å². The summed E-state index contributed by atoms with van der Waals surface area (Å²) in [6.07, 6.45) is 0.704. The zero-order chi connectivity index (χ0) is 14.3. The van der Waals surface area contributed by atoms with Crippen LogP contribution in [0.4, 0.5) is 5.69 Å². The standard InChI is InChI=1S/C11H17N3O4S.ClH/c1-12-7-2-8-13-19(17,18)9-10-3-5-11(6-4-10)14(15)16;/h3-6,12-13H,2,7-9H2,1H3;1H. The highest BCUT2D eigenvalue weighted by Crippen LogP contribution is 2.13. The zero-order valence-corrected chi connectivity index (χ0v) is 12.7. The number of sulfonamides is 1.